The molecule has 1 fully saturated rings. The molecule has 3 heteroatoms. The van der Waals surface area contributed by atoms with Crippen LogP contribution in [0.3, 0.4) is 0 Å². The van der Waals surface area contributed by atoms with Gasteiger partial charge in [0, 0.05) is 17.5 Å². The Kier molecular flexibility index (Phi) is 5.42. The zero-order valence-corrected chi connectivity index (χ0v) is 14.0. The summed E-state index contributed by atoms with van der Waals surface area (Å²) < 4.78 is 5.18. The molecule has 3 nitrogen and oxygen atoms in total. The highest BCUT2D eigenvalue weighted by molar-refractivity contribution is 6.13. The number of rotatable bonds is 7. The normalized spacial score (nSPS) is 18.7. The average molecular weight is 321 g/mol. The highest BCUT2D eigenvalue weighted by atomic mass is 16.5. The molecule has 0 radical (unpaired) electrons. The minimum absolute atomic E-state index is 0.120. The number of carbonyl (C=O) groups is 1. The summed E-state index contributed by atoms with van der Waals surface area (Å²) in [5.41, 5.74) is 3.34. The minimum atomic E-state index is -0.120. The molecule has 0 saturated heterocycles. The van der Waals surface area contributed by atoms with Crippen molar-refractivity contribution in [1.29, 1.82) is 0 Å². The molecule has 0 spiro atoms. The van der Waals surface area contributed by atoms with E-state index < -0.39 is 0 Å². The molecule has 2 unspecified atom stereocenters. The number of hydrogen-bond acceptors (Lipinski definition) is 3. The molecule has 0 amide bonds. The summed E-state index contributed by atoms with van der Waals surface area (Å²) in [5, 5.41) is 0. The van der Waals surface area contributed by atoms with Crippen LogP contribution in [0.4, 0.5) is 0 Å². The van der Waals surface area contributed by atoms with Crippen LogP contribution >= 0.6 is 0 Å². The van der Waals surface area contributed by atoms with Crippen molar-refractivity contribution in [3.8, 4) is 0 Å². The first kappa shape index (κ1) is 16.4. The first-order valence-corrected chi connectivity index (χ1v) is 8.62. The topological polar surface area (TPSA) is 38.7 Å². The molecule has 24 heavy (non-hydrogen) atoms. The van der Waals surface area contributed by atoms with Crippen LogP contribution in [-0.4, -0.2) is 24.3 Å². The minimum Gasteiger partial charge on any atom is -0.466 e. The fourth-order valence-electron chi connectivity index (χ4n) is 2.80. The lowest BCUT2D eigenvalue weighted by Crippen LogP contribution is -2.07. The molecule has 2 aromatic carbocycles. The lowest BCUT2D eigenvalue weighted by molar-refractivity contribution is -0.143. The monoisotopic (exact) mass is 321 g/mol. The molecule has 1 aliphatic carbocycles. The zero-order chi connectivity index (χ0) is 16.8. The van der Waals surface area contributed by atoms with Gasteiger partial charge in [-0.25, -0.2) is 0 Å². The molecule has 0 aromatic heterocycles. The van der Waals surface area contributed by atoms with E-state index in [4.69, 9.17) is 9.73 Å². The summed E-state index contributed by atoms with van der Waals surface area (Å²) in [4.78, 5) is 16.2. The zero-order valence-electron chi connectivity index (χ0n) is 14.0. The van der Waals surface area contributed by atoms with E-state index in [9.17, 15) is 4.79 Å². The van der Waals surface area contributed by atoms with E-state index in [2.05, 4.69) is 24.3 Å². The molecule has 0 aliphatic heterocycles. The smallest absolute Gasteiger partial charge is 0.305 e. The van der Waals surface area contributed by atoms with Gasteiger partial charge >= 0.3 is 5.97 Å². The summed E-state index contributed by atoms with van der Waals surface area (Å²) in [6.07, 6.45) is 2.42. The van der Waals surface area contributed by atoms with Crippen molar-refractivity contribution < 1.29 is 9.53 Å². The van der Waals surface area contributed by atoms with E-state index in [0.717, 1.165) is 29.7 Å². The molecule has 0 N–H and O–H groups in total. The van der Waals surface area contributed by atoms with E-state index in [1.165, 1.54) is 0 Å². The van der Waals surface area contributed by atoms with Gasteiger partial charge < -0.3 is 4.74 Å². The standard InChI is InChI=1S/C21H23NO2/c1-2-20(23)24-14-13-18-15-19(18)22-21(16-9-5-3-6-10-16)17-11-7-4-8-12-17/h3-12,18-19H,2,13-15H2,1H3. The van der Waals surface area contributed by atoms with Gasteiger partial charge in [-0.2, -0.15) is 0 Å². The Morgan fingerprint density at radius 2 is 1.62 bits per heavy atom. The second-order valence-corrected chi connectivity index (χ2v) is 6.14. The third-order valence-corrected chi connectivity index (χ3v) is 4.32. The second kappa shape index (κ2) is 7.91. The molecule has 1 saturated carbocycles. The Hall–Kier alpha value is -2.42. The average Bonchev–Trinajstić information content (AvgIpc) is 3.39. The van der Waals surface area contributed by atoms with E-state index in [1.54, 1.807) is 0 Å². The van der Waals surface area contributed by atoms with Crippen molar-refractivity contribution in [2.24, 2.45) is 10.9 Å². The van der Waals surface area contributed by atoms with Crippen LogP contribution in [0.5, 0.6) is 0 Å². The van der Waals surface area contributed by atoms with Crippen molar-refractivity contribution >= 4 is 11.7 Å². The first-order valence-electron chi connectivity index (χ1n) is 8.62. The molecular weight excluding hydrogens is 298 g/mol. The van der Waals surface area contributed by atoms with Crippen LogP contribution in [0, 0.1) is 5.92 Å². The molecule has 3 rings (SSSR count). The first-order chi connectivity index (χ1) is 11.8. The van der Waals surface area contributed by atoms with E-state index in [0.29, 0.717) is 25.0 Å². The van der Waals surface area contributed by atoms with E-state index in [-0.39, 0.29) is 5.97 Å². The van der Waals surface area contributed by atoms with Crippen LogP contribution in [-0.2, 0) is 9.53 Å². The summed E-state index contributed by atoms with van der Waals surface area (Å²) >= 11 is 0. The highest BCUT2D eigenvalue weighted by Crippen LogP contribution is 2.37. The van der Waals surface area contributed by atoms with Crippen LogP contribution in [0.25, 0.3) is 0 Å². The maximum absolute atomic E-state index is 11.2. The van der Waals surface area contributed by atoms with E-state index >= 15 is 0 Å². The van der Waals surface area contributed by atoms with Crippen LogP contribution in [0.1, 0.15) is 37.3 Å². The molecule has 124 valence electrons. The summed E-state index contributed by atoms with van der Waals surface area (Å²) in [5.74, 6) is 0.405. The van der Waals surface area contributed by atoms with Crippen molar-refractivity contribution in [2.75, 3.05) is 6.61 Å². The molecule has 0 bridgehead atoms. The van der Waals surface area contributed by atoms with Gasteiger partial charge in [-0.15, -0.1) is 0 Å². The maximum Gasteiger partial charge on any atom is 0.305 e. The fraction of sp³-hybridized carbons (Fsp3) is 0.333. The predicted octanol–water partition coefficient (Wildman–Crippen LogP) is 4.26. The van der Waals surface area contributed by atoms with Crippen molar-refractivity contribution in [3.05, 3.63) is 71.8 Å². The Labute approximate surface area is 143 Å². The third kappa shape index (κ3) is 4.31. The van der Waals surface area contributed by atoms with Crippen molar-refractivity contribution in [2.45, 2.75) is 32.2 Å². The molecule has 2 aromatic rings. The number of esters is 1. The summed E-state index contributed by atoms with van der Waals surface area (Å²) in [7, 11) is 0. The van der Waals surface area contributed by atoms with Gasteiger partial charge in [0.25, 0.3) is 0 Å². The summed E-state index contributed by atoms with van der Waals surface area (Å²) in [6.45, 7) is 2.33. The largest absolute Gasteiger partial charge is 0.466 e. The second-order valence-electron chi connectivity index (χ2n) is 6.14. The lowest BCUT2D eigenvalue weighted by atomic mass is 10.0. The maximum atomic E-state index is 11.2. The SMILES string of the molecule is CCC(=O)OCCC1CC1N=C(c1ccccc1)c1ccccc1. The van der Waals surface area contributed by atoms with Gasteiger partial charge in [0.2, 0.25) is 0 Å². The van der Waals surface area contributed by atoms with Crippen LogP contribution in [0.15, 0.2) is 65.7 Å². The van der Waals surface area contributed by atoms with Gasteiger partial charge in [0.15, 0.2) is 0 Å². The van der Waals surface area contributed by atoms with Crippen molar-refractivity contribution in [3.63, 3.8) is 0 Å². The lowest BCUT2D eigenvalue weighted by Gasteiger charge is -2.08. The third-order valence-electron chi connectivity index (χ3n) is 4.32. The Morgan fingerprint density at radius 1 is 1.04 bits per heavy atom. The number of carbonyl (C=O) groups excluding carboxylic acids is 1. The number of aliphatic imine (C=N–C) groups is 1. The van der Waals surface area contributed by atoms with E-state index in [1.807, 2.05) is 43.3 Å². The van der Waals surface area contributed by atoms with Crippen molar-refractivity contribution in [1.82, 2.24) is 0 Å². The van der Waals surface area contributed by atoms with Gasteiger partial charge in [0.05, 0.1) is 18.4 Å². The quantitative estimate of drug-likeness (QED) is 0.565. The number of ether oxygens (including phenoxy) is 1. The number of hydrogen-bond donors (Lipinski definition) is 0. The Balaban J connectivity index is 1.69. The van der Waals surface area contributed by atoms with Gasteiger partial charge in [-0.3, -0.25) is 9.79 Å². The Bertz CT molecular complexity index is 653. The summed E-state index contributed by atoms with van der Waals surface area (Å²) in [6, 6.07) is 21.0. The van der Waals surface area contributed by atoms with Crippen LogP contribution in [0.2, 0.25) is 0 Å². The van der Waals surface area contributed by atoms with Gasteiger partial charge in [-0.1, -0.05) is 67.6 Å². The Morgan fingerprint density at radius 3 is 2.17 bits per heavy atom. The molecule has 1 aliphatic rings. The number of nitrogens with zero attached hydrogens (tertiary/aromatic N) is 1. The van der Waals surface area contributed by atoms with Gasteiger partial charge in [0.1, 0.15) is 0 Å². The predicted molar refractivity (Wildman–Crippen MR) is 96.3 cm³/mol. The van der Waals surface area contributed by atoms with Crippen LogP contribution < -0.4 is 0 Å². The highest BCUT2D eigenvalue weighted by Gasteiger charge is 2.37. The molecule has 2 atom stereocenters. The molecule has 0 heterocycles. The van der Waals surface area contributed by atoms with Gasteiger partial charge in [-0.05, 0) is 18.8 Å². The molecular formula is C21H23NO2. The fourth-order valence-corrected chi connectivity index (χ4v) is 2.80. The number of benzene rings is 2.